The molecule has 0 bridgehead atoms. The molecule has 1 aromatic heterocycles. The van der Waals surface area contributed by atoms with Crippen LogP contribution in [0.2, 0.25) is 5.02 Å². The lowest BCUT2D eigenvalue weighted by molar-refractivity contribution is 0.0953. The maximum atomic E-state index is 12.3. The molecular weight excluding hydrogens is 374 g/mol. The number of allylic oxidation sites excluding steroid dienone is 1. The summed E-state index contributed by atoms with van der Waals surface area (Å²) in [5.74, 6) is 0.287. The first-order valence-corrected chi connectivity index (χ1v) is 9.57. The van der Waals surface area contributed by atoms with E-state index in [4.69, 9.17) is 16.6 Å². The number of amides is 1. The normalized spacial score (nSPS) is 14.1. The van der Waals surface area contributed by atoms with Gasteiger partial charge in [0, 0.05) is 24.2 Å². The predicted octanol–water partition coefficient (Wildman–Crippen LogP) is 4.18. The number of nitrogens with zero attached hydrogens (tertiary/aromatic N) is 2. The van der Waals surface area contributed by atoms with Gasteiger partial charge >= 0.3 is 0 Å². The highest BCUT2D eigenvalue weighted by atomic mass is 35.5. The minimum Gasteiger partial charge on any atom is -0.373 e. The van der Waals surface area contributed by atoms with Crippen LogP contribution in [0.1, 0.15) is 42.5 Å². The summed E-state index contributed by atoms with van der Waals surface area (Å²) in [6.45, 7) is 6.12. The van der Waals surface area contributed by atoms with E-state index in [1.807, 2.05) is 56.7 Å². The first-order valence-electron chi connectivity index (χ1n) is 9.19. The lowest BCUT2D eigenvalue weighted by Gasteiger charge is -2.29. The molecule has 1 amide bonds. The topological polar surface area (TPSA) is 67.2 Å². The molecule has 1 atom stereocenters. The molecule has 6 heteroatoms. The molecule has 0 spiro atoms. The molecule has 0 saturated carbocycles. The van der Waals surface area contributed by atoms with Gasteiger partial charge in [-0.1, -0.05) is 29.8 Å². The Balaban J connectivity index is 2.25. The van der Waals surface area contributed by atoms with Crippen LogP contribution in [-0.2, 0) is 12.6 Å². The summed E-state index contributed by atoms with van der Waals surface area (Å²) in [5.41, 5.74) is 1.86. The summed E-state index contributed by atoms with van der Waals surface area (Å²) < 4.78 is 1.84. The van der Waals surface area contributed by atoms with E-state index >= 15 is 0 Å². The van der Waals surface area contributed by atoms with Crippen molar-refractivity contribution in [2.24, 2.45) is 7.05 Å². The van der Waals surface area contributed by atoms with E-state index in [1.165, 1.54) is 0 Å². The highest BCUT2D eigenvalue weighted by Crippen LogP contribution is 2.37. The summed E-state index contributed by atoms with van der Waals surface area (Å²) in [4.78, 5) is 17.0. The summed E-state index contributed by atoms with van der Waals surface area (Å²) in [6, 6.07) is 12.5. The second-order valence-corrected chi connectivity index (χ2v) is 7.19. The molecule has 0 radical (unpaired) electrons. The largest absolute Gasteiger partial charge is 0.373 e. The van der Waals surface area contributed by atoms with Crippen molar-refractivity contribution in [1.82, 2.24) is 14.9 Å². The Morgan fingerprint density at radius 2 is 2.07 bits per heavy atom. The number of carbonyl (C=O) groups excluding carboxylic acids is 1. The predicted molar refractivity (Wildman–Crippen MR) is 113 cm³/mol. The number of imidazole rings is 1. The van der Waals surface area contributed by atoms with Gasteiger partial charge in [-0.25, -0.2) is 4.98 Å². The Labute approximate surface area is 169 Å². The number of aryl methyl sites for hydroxylation is 1. The number of benzene rings is 2. The van der Waals surface area contributed by atoms with Crippen molar-refractivity contribution in [3.05, 3.63) is 76.1 Å². The first kappa shape index (κ1) is 20.1. The van der Waals surface area contributed by atoms with Crippen LogP contribution in [0.15, 0.2) is 54.1 Å². The van der Waals surface area contributed by atoms with Gasteiger partial charge in [-0.3, -0.25) is 4.79 Å². The second-order valence-electron chi connectivity index (χ2n) is 6.75. The van der Waals surface area contributed by atoms with Crippen LogP contribution >= 0.6 is 11.6 Å². The molecule has 0 aliphatic heterocycles. The van der Waals surface area contributed by atoms with Crippen LogP contribution < -0.4 is 5.32 Å². The van der Waals surface area contributed by atoms with Crippen molar-refractivity contribution in [1.29, 1.82) is 0 Å². The van der Waals surface area contributed by atoms with Gasteiger partial charge in [-0.2, -0.15) is 0 Å². The third-order valence-corrected chi connectivity index (χ3v) is 5.29. The van der Waals surface area contributed by atoms with E-state index in [0.717, 1.165) is 11.0 Å². The molecule has 0 aliphatic carbocycles. The fourth-order valence-electron chi connectivity index (χ4n) is 3.38. The standard InChI is InChI=1S/C22H24ClN3O2/c1-5-14(3)22(28,16-9-7-8-15(12-16)20(27)24-6-2)21-25-18-11-10-17(23)13-19(18)26(21)4/h5,7-13,28H,6H2,1-4H3,(H,24,27). The van der Waals surface area contributed by atoms with E-state index < -0.39 is 5.60 Å². The van der Waals surface area contributed by atoms with Gasteiger partial charge in [0.05, 0.1) is 11.0 Å². The van der Waals surface area contributed by atoms with Gasteiger partial charge < -0.3 is 15.0 Å². The minimum atomic E-state index is -1.49. The fraction of sp³-hybridized carbons (Fsp3) is 0.273. The van der Waals surface area contributed by atoms with E-state index in [1.54, 1.807) is 24.3 Å². The fourth-order valence-corrected chi connectivity index (χ4v) is 3.54. The molecule has 2 N–H and O–H groups in total. The number of hydrogen-bond donors (Lipinski definition) is 2. The summed E-state index contributed by atoms with van der Waals surface area (Å²) in [7, 11) is 1.85. The maximum Gasteiger partial charge on any atom is 0.251 e. The highest BCUT2D eigenvalue weighted by molar-refractivity contribution is 6.31. The molecule has 3 aromatic rings. The molecule has 5 nitrogen and oxygen atoms in total. The van der Waals surface area contributed by atoms with Crippen LogP contribution in [0.5, 0.6) is 0 Å². The molecular formula is C22H24ClN3O2. The van der Waals surface area contributed by atoms with Gasteiger partial charge in [-0.05, 0) is 62.2 Å². The van der Waals surface area contributed by atoms with Crippen LogP contribution in [0, 0.1) is 0 Å². The Hall–Kier alpha value is -2.63. The van der Waals surface area contributed by atoms with Gasteiger partial charge in [0.25, 0.3) is 5.91 Å². The van der Waals surface area contributed by atoms with Crippen molar-refractivity contribution < 1.29 is 9.90 Å². The van der Waals surface area contributed by atoms with Crippen LogP contribution in [0.3, 0.4) is 0 Å². The number of rotatable bonds is 5. The number of fused-ring (bicyclic) bond motifs is 1. The van der Waals surface area contributed by atoms with Crippen molar-refractivity contribution in [3.8, 4) is 0 Å². The van der Waals surface area contributed by atoms with E-state index in [-0.39, 0.29) is 5.91 Å². The number of halogens is 1. The molecule has 0 fully saturated rings. The average molecular weight is 398 g/mol. The summed E-state index contributed by atoms with van der Waals surface area (Å²) in [6.07, 6.45) is 1.85. The zero-order valence-electron chi connectivity index (χ0n) is 16.5. The first-order chi connectivity index (χ1) is 13.3. The highest BCUT2D eigenvalue weighted by Gasteiger charge is 2.38. The molecule has 0 saturated heterocycles. The zero-order chi connectivity index (χ0) is 20.5. The number of carbonyl (C=O) groups is 1. The van der Waals surface area contributed by atoms with Gasteiger partial charge in [0.1, 0.15) is 0 Å². The van der Waals surface area contributed by atoms with Gasteiger partial charge in [0.2, 0.25) is 0 Å². The van der Waals surface area contributed by atoms with E-state index in [2.05, 4.69) is 5.32 Å². The third kappa shape index (κ3) is 3.32. The Morgan fingerprint density at radius 3 is 2.75 bits per heavy atom. The summed E-state index contributed by atoms with van der Waals surface area (Å²) in [5, 5.41) is 15.3. The maximum absolute atomic E-state index is 12.3. The smallest absolute Gasteiger partial charge is 0.251 e. The molecule has 2 aromatic carbocycles. The average Bonchev–Trinajstić information content (AvgIpc) is 3.03. The monoisotopic (exact) mass is 397 g/mol. The quantitative estimate of drug-likeness (QED) is 0.634. The number of nitrogens with one attached hydrogen (secondary N) is 1. The van der Waals surface area contributed by atoms with Crippen molar-refractivity contribution in [3.63, 3.8) is 0 Å². The Kier molecular flexibility index (Phi) is 5.59. The lowest BCUT2D eigenvalue weighted by atomic mass is 9.84. The Bertz CT molecular complexity index is 1070. The molecule has 1 heterocycles. The SMILES string of the molecule is CC=C(C)C(O)(c1cccc(C(=O)NCC)c1)c1nc2ccc(Cl)cc2n1C. The lowest BCUT2D eigenvalue weighted by Crippen LogP contribution is -2.33. The molecule has 3 rings (SSSR count). The number of hydrogen-bond acceptors (Lipinski definition) is 3. The summed E-state index contributed by atoms with van der Waals surface area (Å²) >= 11 is 6.15. The van der Waals surface area contributed by atoms with E-state index in [0.29, 0.717) is 34.1 Å². The molecule has 0 aliphatic rings. The van der Waals surface area contributed by atoms with E-state index in [9.17, 15) is 9.90 Å². The Morgan fingerprint density at radius 1 is 1.32 bits per heavy atom. The minimum absolute atomic E-state index is 0.179. The number of aromatic nitrogens is 2. The van der Waals surface area contributed by atoms with Crippen molar-refractivity contribution >= 4 is 28.5 Å². The van der Waals surface area contributed by atoms with Crippen LogP contribution in [0.25, 0.3) is 11.0 Å². The molecule has 146 valence electrons. The third-order valence-electron chi connectivity index (χ3n) is 5.05. The molecule has 1 unspecified atom stereocenters. The van der Waals surface area contributed by atoms with Crippen LogP contribution in [-0.4, -0.2) is 27.1 Å². The van der Waals surface area contributed by atoms with Crippen LogP contribution in [0.4, 0.5) is 0 Å². The van der Waals surface area contributed by atoms with Gasteiger partial charge in [-0.15, -0.1) is 0 Å². The van der Waals surface area contributed by atoms with Gasteiger partial charge in [0.15, 0.2) is 11.4 Å². The zero-order valence-corrected chi connectivity index (χ0v) is 17.2. The van der Waals surface area contributed by atoms with Crippen molar-refractivity contribution in [2.45, 2.75) is 26.4 Å². The second kappa shape index (κ2) is 7.78. The van der Waals surface area contributed by atoms with Crippen molar-refractivity contribution in [2.75, 3.05) is 6.54 Å². The molecule has 28 heavy (non-hydrogen) atoms. The number of aliphatic hydroxyl groups is 1.